The Kier molecular flexibility index (Phi) is 2.25. The van der Waals surface area contributed by atoms with Gasteiger partial charge in [0.25, 0.3) is 0 Å². The maximum atomic E-state index is 10.7. The van der Waals surface area contributed by atoms with E-state index >= 15 is 0 Å². The van der Waals surface area contributed by atoms with Gasteiger partial charge >= 0.3 is 0 Å². The minimum absolute atomic E-state index is 0.392. The Hall–Kier alpha value is -1.39. The van der Waals surface area contributed by atoms with Crippen LogP contribution < -0.4 is 5.11 Å². The average molecular weight is 221 g/mol. The van der Waals surface area contributed by atoms with Crippen molar-refractivity contribution in [1.82, 2.24) is 0 Å². The molecule has 1 atom stereocenters. The van der Waals surface area contributed by atoms with E-state index in [-0.39, 0.29) is 0 Å². The van der Waals surface area contributed by atoms with E-state index in [9.17, 15) is 15.0 Å². The fourth-order valence-electron chi connectivity index (χ4n) is 1.32. The van der Waals surface area contributed by atoms with E-state index in [1.165, 1.54) is 18.3 Å². The van der Waals surface area contributed by atoms with Crippen molar-refractivity contribution in [3.8, 4) is 0 Å². The number of rotatable bonds is 2. The van der Waals surface area contributed by atoms with Crippen molar-refractivity contribution in [3.05, 3.63) is 35.2 Å². The summed E-state index contributed by atoms with van der Waals surface area (Å²) in [6, 6.07) is 9.17. The van der Waals surface area contributed by atoms with Crippen LogP contribution in [-0.2, 0) is 10.4 Å². The summed E-state index contributed by atoms with van der Waals surface area (Å²) >= 11 is 1.26. The van der Waals surface area contributed by atoms with Crippen LogP contribution >= 0.6 is 11.3 Å². The highest BCUT2D eigenvalue weighted by molar-refractivity contribution is 7.19. The molecule has 0 amide bonds. The van der Waals surface area contributed by atoms with Gasteiger partial charge in [-0.05, 0) is 24.4 Å². The second-order valence-electron chi connectivity index (χ2n) is 3.51. The molecule has 0 spiro atoms. The lowest BCUT2D eigenvalue weighted by Crippen LogP contribution is -2.42. The third-order valence-electron chi connectivity index (χ3n) is 2.30. The highest BCUT2D eigenvalue weighted by Crippen LogP contribution is 2.32. The Balaban J connectivity index is 2.58. The van der Waals surface area contributed by atoms with Crippen LogP contribution in [0.4, 0.5) is 0 Å². The fraction of sp³-hybridized carbons (Fsp3) is 0.182. The number of thiophene rings is 1. The normalized spacial score (nSPS) is 15.1. The first-order valence-corrected chi connectivity index (χ1v) is 5.26. The molecule has 0 aliphatic rings. The molecule has 2 rings (SSSR count). The van der Waals surface area contributed by atoms with Gasteiger partial charge in [0.2, 0.25) is 0 Å². The van der Waals surface area contributed by atoms with E-state index in [0.717, 1.165) is 10.1 Å². The molecule has 0 radical (unpaired) electrons. The molecule has 3 nitrogen and oxygen atoms in total. The van der Waals surface area contributed by atoms with Gasteiger partial charge in [-0.2, -0.15) is 0 Å². The summed E-state index contributed by atoms with van der Waals surface area (Å²) in [6.45, 7) is 1.23. The topological polar surface area (TPSA) is 60.4 Å². The van der Waals surface area contributed by atoms with Gasteiger partial charge < -0.3 is 15.0 Å². The Labute approximate surface area is 90.6 Å². The number of carboxylic acids is 1. The number of hydrogen-bond acceptors (Lipinski definition) is 4. The number of carboxylic acid groups (broad SMARTS) is 1. The number of benzene rings is 1. The maximum absolute atomic E-state index is 10.7. The lowest BCUT2D eigenvalue weighted by molar-refractivity contribution is -0.324. The van der Waals surface area contributed by atoms with E-state index in [0.29, 0.717) is 4.88 Å². The smallest absolute Gasteiger partial charge is 0.135 e. The number of hydrogen-bond donors (Lipinski definition) is 1. The average Bonchev–Trinajstić information content (AvgIpc) is 2.61. The highest BCUT2D eigenvalue weighted by Gasteiger charge is 2.26. The van der Waals surface area contributed by atoms with Crippen molar-refractivity contribution in [2.24, 2.45) is 0 Å². The van der Waals surface area contributed by atoms with E-state index < -0.39 is 11.6 Å². The van der Waals surface area contributed by atoms with E-state index in [1.54, 1.807) is 6.07 Å². The summed E-state index contributed by atoms with van der Waals surface area (Å²) in [5.74, 6) is -1.48. The molecule has 2 aromatic rings. The quantitative estimate of drug-likeness (QED) is 0.818. The molecule has 1 heterocycles. The minimum Gasteiger partial charge on any atom is -0.547 e. The van der Waals surface area contributed by atoms with Gasteiger partial charge in [0, 0.05) is 9.58 Å². The highest BCUT2D eigenvalue weighted by atomic mass is 32.1. The first-order chi connectivity index (χ1) is 7.01. The second kappa shape index (κ2) is 3.32. The van der Waals surface area contributed by atoms with Crippen LogP contribution in [0.25, 0.3) is 10.1 Å². The largest absolute Gasteiger partial charge is 0.547 e. The van der Waals surface area contributed by atoms with Crippen LogP contribution in [0.2, 0.25) is 0 Å². The Bertz CT molecular complexity index is 480. The Morgan fingerprint density at radius 3 is 2.73 bits per heavy atom. The summed E-state index contributed by atoms with van der Waals surface area (Å²) in [6.07, 6.45) is 0. The summed E-state index contributed by atoms with van der Waals surface area (Å²) in [5.41, 5.74) is -1.91. The molecule has 0 saturated carbocycles. The zero-order valence-corrected chi connectivity index (χ0v) is 8.88. The zero-order valence-electron chi connectivity index (χ0n) is 8.06. The molecule has 1 N–H and O–H groups in total. The monoisotopic (exact) mass is 221 g/mol. The van der Waals surface area contributed by atoms with Gasteiger partial charge in [-0.3, -0.25) is 0 Å². The van der Waals surface area contributed by atoms with Crippen LogP contribution in [0.5, 0.6) is 0 Å². The lowest BCUT2D eigenvalue weighted by atomic mass is 10.1. The molecule has 0 fully saturated rings. The number of aliphatic carboxylic acids is 1. The molecule has 0 aliphatic heterocycles. The number of aliphatic hydroxyl groups is 1. The first kappa shape index (κ1) is 10.1. The Morgan fingerprint density at radius 1 is 1.47 bits per heavy atom. The second-order valence-corrected chi connectivity index (χ2v) is 4.59. The van der Waals surface area contributed by atoms with Crippen molar-refractivity contribution in [2.75, 3.05) is 0 Å². The molecule has 78 valence electrons. The molecular weight excluding hydrogens is 212 g/mol. The van der Waals surface area contributed by atoms with Crippen LogP contribution in [0.15, 0.2) is 30.3 Å². The van der Waals surface area contributed by atoms with Gasteiger partial charge in [-0.25, -0.2) is 0 Å². The van der Waals surface area contributed by atoms with Crippen LogP contribution in [-0.4, -0.2) is 11.1 Å². The van der Waals surface area contributed by atoms with Crippen LogP contribution in [0, 0.1) is 0 Å². The molecule has 15 heavy (non-hydrogen) atoms. The van der Waals surface area contributed by atoms with E-state index in [1.807, 2.05) is 24.3 Å². The third-order valence-corrected chi connectivity index (χ3v) is 3.63. The number of carbonyl (C=O) groups is 1. The van der Waals surface area contributed by atoms with Crippen LogP contribution in [0.1, 0.15) is 11.8 Å². The minimum atomic E-state index is -1.91. The molecule has 0 aliphatic carbocycles. The van der Waals surface area contributed by atoms with Gasteiger partial charge in [-0.15, -0.1) is 11.3 Å². The first-order valence-electron chi connectivity index (χ1n) is 4.44. The molecule has 0 unspecified atom stereocenters. The third kappa shape index (κ3) is 1.62. The molecule has 0 saturated heterocycles. The van der Waals surface area contributed by atoms with Gasteiger partial charge in [0.15, 0.2) is 0 Å². The molecule has 4 heteroatoms. The van der Waals surface area contributed by atoms with E-state index in [4.69, 9.17) is 0 Å². The SMILES string of the molecule is C[C@@](O)(C(=O)[O-])c1cc2ccccc2s1. The summed E-state index contributed by atoms with van der Waals surface area (Å²) in [5, 5.41) is 21.4. The van der Waals surface area contributed by atoms with Crippen molar-refractivity contribution in [2.45, 2.75) is 12.5 Å². The van der Waals surface area contributed by atoms with Crippen LogP contribution in [0.3, 0.4) is 0 Å². The van der Waals surface area contributed by atoms with Gasteiger partial charge in [0.1, 0.15) is 5.60 Å². The van der Waals surface area contributed by atoms with Gasteiger partial charge in [-0.1, -0.05) is 18.2 Å². The van der Waals surface area contributed by atoms with E-state index in [2.05, 4.69) is 0 Å². The zero-order chi connectivity index (χ0) is 11.1. The predicted molar refractivity (Wildman–Crippen MR) is 56.4 cm³/mol. The standard InChI is InChI=1S/C11H10O3S/c1-11(14,10(12)13)9-6-7-4-2-3-5-8(7)15-9/h2-6,14H,1H3,(H,12,13)/p-1/t11-/m0/s1. The van der Waals surface area contributed by atoms with Crippen molar-refractivity contribution in [1.29, 1.82) is 0 Å². The number of carbonyl (C=O) groups excluding carboxylic acids is 1. The molecule has 0 bridgehead atoms. The molecule has 1 aromatic carbocycles. The summed E-state index contributed by atoms with van der Waals surface area (Å²) < 4.78 is 0.953. The predicted octanol–water partition coefficient (Wildman–Crippen LogP) is 0.859. The molecular formula is C11H9O3S-. The van der Waals surface area contributed by atoms with Crippen molar-refractivity contribution >= 4 is 27.4 Å². The maximum Gasteiger partial charge on any atom is 0.135 e. The lowest BCUT2D eigenvalue weighted by Gasteiger charge is -2.22. The number of fused-ring (bicyclic) bond motifs is 1. The molecule has 1 aromatic heterocycles. The van der Waals surface area contributed by atoms with Gasteiger partial charge in [0.05, 0.1) is 5.97 Å². The van der Waals surface area contributed by atoms with Crippen molar-refractivity contribution in [3.63, 3.8) is 0 Å². The summed E-state index contributed by atoms with van der Waals surface area (Å²) in [4.78, 5) is 11.1. The Morgan fingerprint density at radius 2 is 2.13 bits per heavy atom. The van der Waals surface area contributed by atoms with Crippen molar-refractivity contribution < 1.29 is 15.0 Å². The fourth-order valence-corrected chi connectivity index (χ4v) is 2.42. The summed E-state index contributed by atoms with van der Waals surface area (Å²) in [7, 11) is 0.